The van der Waals surface area contributed by atoms with Crippen LogP contribution in [-0.4, -0.2) is 13.2 Å². The molecular formula is C15H21NO2. The van der Waals surface area contributed by atoms with Crippen molar-refractivity contribution in [3.05, 3.63) is 24.3 Å². The highest BCUT2D eigenvalue weighted by molar-refractivity contribution is 5.39. The molecule has 98 valence electrons. The van der Waals surface area contributed by atoms with Gasteiger partial charge in [-0.05, 0) is 38.8 Å². The van der Waals surface area contributed by atoms with Crippen molar-refractivity contribution in [2.75, 3.05) is 13.2 Å². The Morgan fingerprint density at radius 3 is 2.17 bits per heavy atom. The highest BCUT2D eigenvalue weighted by Crippen LogP contribution is 2.27. The summed E-state index contributed by atoms with van der Waals surface area (Å²) < 4.78 is 11.3. The van der Waals surface area contributed by atoms with Gasteiger partial charge in [-0.15, -0.1) is 0 Å². The van der Waals surface area contributed by atoms with Crippen molar-refractivity contribution in [1.82, 2.24) is 0 Å². The van der Waals surface area contributed by atoms with Gasteiger partial charge < -0.3 is 9.47 Å². The summed E-state index contributed by atoms with van der Waals surface area (Å²) >= 11 is 0. The molecule has 0 amide bonds. The van der Waals surface area contributed by atoms with Gasteiger partial charge in [-0.3, -0.25) is 0 Å². The molecule has 0 aliphatic heterocycles. The smallest absolute Gasteiger partial charge is 0.161 e. The second kappa shape index (κ2) is 6.90. The zero-order chi connectivity index (χ0) is 13.4. The number of nitrogens with zero attached hydrogens (tertiary/aromatic N) is 1. The number of ether oxygens (including phenoxy) is 2. The van der Waals surface area contributed by atoms with Gasteiger partial charge in [0.25, 0.3) is 0 Å². The van der Waals surface area contributed by atoms with Gasteiger partial charge in [0.15, 0.2) is 11.5 Å². The second-order valence-corrected chi connectivity index (χ2v) is 4.89. The van der Waals surface area contributed by atoms with E-state index >= 15 is 0 Å². The van der Waals surface area contributed by atoms with Crippen LogP contribution in [-0.2, 0) is 0 Å². The Labute approximate surface area is 109 Å². The lowest BCUT2D eigenvalue weighted by Crippen LogP contribution is -2.13. The van der Waals surface area contributed by atoms with E-state index in [1.807, 2.05) is 38.1 Å². The molecule has 1 rings (SSSR count). The molecule has 0 radical (unpaired) electrons. The van der Waals surface area contributed by atoms with Gasteiger partial charge in [-0.2, -0.15) is 5.26 Å². The van der Waals surface area contributed by atoms with E-state index in [9.17, 15) is 0 Å². The molecule has 0 fully saturated rings. The average Bonchev–Trinajstić information content (AvgIpc) is 2.37. The van der Waals surface area contributed by atoms with Crippen LogP contribution in [0, 0.1) is 16.7 Å². The first-order valence-corrected chi connectivity index (χ1v) is 6.35. The van der Waals surface area contributed by atoms with E-state index in [0.717, 1.165) is 17.9 Å². The number of rotatable bonds is 7. The van der Waals surface area contributed by atoms with Crippen LogP contribution in [0.2, 0.25) is 0 Å². The first kappa shape index (κ1) is 14.4. The van der Waals surface area contributed by atoms with E-state index in [1.165, 1.54) is 0 Å². The molecule has 0 spiro atoms. The summed E-state index contributed by atoms with van der Waals surface area (Å²) in [4.78, 5) is 0. The Morgan fingerprint density at radius 2 is 1.67 bits per heavy atom. The minimum absolute atomic E-state index is 0.348. The normalized spacial score (nSPS) is 10.8. The predicted molar refractivity (Wildman–Crippen MR) is 71.7 cm³/mol. The molecule has 1 aromatic carbocycles. The Kier molecular flexibility index (Phi) is 5.51. The third-order valence-corrected chi connectivity index (χ3v) is 2.60. The van der Waals surface area contributed by atoms with E-state index in [4.69, 9.17) is 14.7 Å². The fraction of sp³-hybridized carbons (Fsp3) is 0.533. The van der Waals surface area contributed by atoms with E-state index < -0.39 is 0 Å². The Bertz CT molecular complexity index is 407. The van der Waals surface area contributed by atoms with Crippen molar-refractivity contribution < 1.29 is 9.47 Å². The average molecular weight is 247 g/mol. The molecule has 3 nitrogen and oxygen atoms in total. The van der Waals surface area contributed by atoms with Crippen molar-refractivity contribution in [3.63, 3.8) is 0 Å². The van der Waals surface area contributed by atoms with Gasteiger partial charge in [-0.25, -0.2) is 0 Å². The molecular weight excluding hydrogens is 226 g/mol. The van der Waals surface area contributed by atoms with Crippen molar-refractivity contribution >= 4 is 0 Å². The molecule has 18 heavy (non-hydrogen) atoms. The van der Waals surface area contributed by atoms with Gasteiger partial charge in [0, 0.05) is 0 Å². The van der Waals surface area contributed by atoms with E-state index in [2.05, 4.69) is 13.0 Å². The molecule has 0 heterocycles. The third-order valence-electron chi connectivity index (χ3n) is 2.60. The van der Waals surface area contributed by atoms with Crippen LogP contribution in [0.1, 0.15) is 33.6 Å². The number of hydrogen-bond donors (Lipinski definition) is 0. The monoisotopic (exact) mass is 247 g/mol. The summed E-state index contributed by atoms with van der Waals surface area (Å²) in [6, 6.07) is 9.91. The van der Waals surface area contributed by atoms with Crippen molar-refractivity contribution in [2.24, 2.45) is 5.41 Å². The number of benzene rings is 1. The largest absolute Gasteiger partial charge is 0.490 e. The Hall–Kier alpha value is -1.69. The van der Waals surface area contributed by atoms with Crippen LogP contribution in [0.4, 0.5) is 0 Å². The summed E-state index contributed by atoms with van der Waals surface area (Å²) in [5.41, 5.74) is -0.348. The Morgan fingerprint density at radius 1 is 1.11 bits per heavy atom. The minimum atomic E-state index is -0.348. The van der Waals surface area contributed by atoms with Crippen LogP contribution >= 0.6 is 0 Å². The van der Waals surface area contributed by atoms with Crippen LogP contribution in [0.3, 0.4) is 0 Å². The summed E-state index contributed by atoms with van der Waals surface area (Å²) in [7, 11) is 0. The lowest BCUT2D eigenvalue weighted by atomic mass is 9.92. The Balaban J connectivity index is 2.54. The lowest BCUT2D eigenvalue weighted by Gasteiger charge is -2.16. The molecule has 0 N–H and O–H groups in total. The van der Waals surface area contributed by atoms with Gasteiger partial charge >= 0.3 is 0 Å². The van der Waals surface area contributed by atoms with Crippen LogP contribution in [0.15, 0.2) is 24.3 Å². The van der Waals surface area contributed by atoms with E-state index in [0.29, 0.717) is 19.6 Å². The molecule has 0 atom stereocenters. The lowest BCUT2D eigenvalue weighted by molar-refractivity contribution is 0.241. The highest BCUT2D eigenvalue weighted by atomic mass is 16.5. The molecule has 0 aromatic heterocycles. The van der Waals surface area contributed by atoms with E-state index in [-0.39, 0.29) is 5.41 Å². The fourth-order valence-electron chi connectivity index (χ4n) is 1.37. The molecule has 1 aromatic rings. The van der Waals surface area contributed by atoms with Crippen molar-refractivity contribution in [3.8, 4) is 17.6 Å². The predicted octanol–water partition coefficient (Wildman–Crippen LogP) is 3.79. The molecule has 3 heteroatoms. The second-order valence-electron chi connectivity index (χ2n) is 4.89. The van der Waals surface area contributed by atoms with Gasteiger partial charge in [0.1, 0.15) is 0 Å². The number of hydrogen-bond acceptors (Lipinski definition) is 3. The first-order chi connectivity index (χ1) is 8.59. The maximum atomic E-state index is 8.93. The summed E-state index contributed by atoms with van der Waals surface area (Å²) in [5.74, 6) is 1.52. The van der Waals surface area contributed by atoms with Gasteiger partial charge in [0.05, 0.1) is 24.7 Å². The molecule has 0 aliphatic rings. The van der Waals surface area contributed by atoms with Crippen LogP contribution in [0.25, 0.3) is 0 Å². The first-order valence-electron chi connectivity index (χ1n) is 6.35. The van der Waals surface area contributed by atoms with Crippen LogP contribution < -0.4 is 9.47 Å². The SMILES string of the molecule is CCCOc1ccccc1OCCC(C)(C)C#N. The van der Waals surface area contributed by atoms with Crippen molar-refractivity contribution in [1.29, 1.82) is 5.26 Å². The fourth-order valence-corrected chi connectivity index (χ4v) is 1.37. The van der Waals surface area contributed by atoms with Gasteiger partial charge in [0.2, 0.25) is 0 Å². The molecule has 0 bridgehead atoms. The zero-order valence-corrected chi connectivity index (χ0v) is 11.4. The number of nitriles is 1. The van der Waals surface area contributed by atoms with Crippen molar-refractivity contribution in [2.45, 2.75) is 33.6 Å². The number of para-hydroxylation sites is 2. The summed E-state index contributed by atoms with van der Waals surface area (Å²) in [6.07, 6.45) is 1.67. The summed E-state index contributed by atoms with van der Waals surface area (Å²) in [6.45, 7) is 7.10. The standard InChI is InChI=1S/C15H21NO2/c1-4-10-17-13-7-5-6-8-14(13)18-11-9-15(2,3)12-16/h5-8H,4,9-11H2,1-3H3. The topological polar surface area (TPSA) is 42.2 Å². The summed E-state index contributed by atoms with van der Waals surface area (Å²) in [5, 5.41) is 8.93. The zero-order valence-electron chi connectivity index (χ0n) is 11.4. The van der Waals surface area contributed by atoms with Crippen LogP contribution in [0.5, 0.6) is 11.5 Å². The van der Waals surface area contributed by atoms with Gasteiger partial charge in [-0.1, -0.05) is 19.1 Å². The quantitative estimate of drug-likeness (QED) is 0.736. The highest BCUT2D eigenvalue weighted by Gasteiger charge is 2.16. The minimum Gasteiger partial charge on any atom is -0.490 e. The molecule has 0 unspecified atom stereocenters. The molecule has 0 saturated heterocycles. The maximum absolute atomic E-state index is 8.93. The molecule has 0 aliphatic carbocycles. The maximum Gasteiger partial charge on any atom is 0.161 e. The van der Waals surface area contributed by atoms with E-state index in [1.54, 1.807) is 0 Å². The third kappa shape index (κ3) is 4.67. The molecule has 0 saturated carbocycles.